The molecule has 88 valence electrons. The minimum absolute atomic E-state index is 0.194. The van der Waals surface area contributed by atoms with Gasteiger partial charge < -0.3 is 15.2 Å². The molecule has 0 aliphatic carbocycles. The summed E-state index contributed by atoms with van der Waals surface area (Å²) >= 11 is 0. The van der Waals surface area contributed by atoms with Crippen molar-refractivity contribution in [1.29, 1.82) is 0 Å². The number of aromatic hydroxyl groups is 1. The number of carbonyl (C=O) groups excluding carboxylic acids is 1. The fourth-order valence-electron chi connectivity index (χ4n) is 1.23. The minimum Gasteiger partial charge on any atom is -0.505 e. The van der Waals surface area contributed by atoms with Crippen LogP contribution in [0, 0.1) is 5.82 Å². The SMILES string of the molecule is COC(=O)[C@H](C)NCc1cccc(F)c1O. The third-order valence-electron chi connectivity index (χ3n) is 2.22. The lowest BCUT2D eigenvalue weighted by atomic mass is 10.2. The average molecular weight is 227 g/mol. The third kappa shape index (κ3) is 2.93. The van der Waals surface area contributed by atoms with E-state index in [-0.39, 0.29) is 6.54 Å². The molecular formula is C11H14FNO3. The summed E-state index contributed by atoms with van der Waals surface area (Å²) < 4.78 is 17.5. The second kappa shape index (κ2) is 5.46. The van der Waals surface area contributed by atoms with Crippen LogP contribution in [-0.4, -0.2) is 24.2 Å². The van der Waals surface area contributed by atoms with Gasteiger partial charge in [-0.15, -0.1) is 0 Å². The maximum atomic E-state index is 13.0. The molecule has 0 unspecified atom stereocenters. The molecule has 0 spiro atoms. The zero-order chi connectivity index (χ0) is 12.1. The minimum atomic E-state index is -0.676. The van der Waals surface area contributed by atoms with Crippen LogP contribution < -0.4 is 5.32 Å². The van der Waals surface area contributed by atoms with Gasteiger partial charge >= 0.3 is 5.97 Å². The van der Waals surface area contributed by atoms with Crippen molar-refractivity contribution in [2.45, 2.75) is 19.5 Å². The second-order valence-corrected chi connectivity index (χ2v) is 3.37. The second-order valence-electron chi connectivity index (χ2n) is 3.37. The van der Waals surface area contributed by atoms with Gasteiger partial charge in [0.05, 0.1) is 7.11 Å². The van der Waals surface area contributed by atoms with Crippen LogP contribution in [0.2, 0.25) is 0 Å². The van der Waals surface area contributed by atoms with Crippen molar-refractivity contribution >= 4 is 5.97 Å². The van der Waals surface area contributed by atoms with E-state index in [0.717, 1.165) is 0 Å². The van der Waals surface area contributed by atoms with Crippen LogP contribution in [0.25, 0.3) is 0 Å². The molecule has 2 N–H and O–H groups in total. The number of ether oxygens (including phenoxy) is 1. The summed E-state index contributed by atoms with van der Waals surface area (Å²) in [5.74, 6) is -1.48. The zero-order valence-corrected chi connectivity index (χ0v) is 9.16. The standard InChI is InChI=1S/C11H14FNO3/c1-7(11(15)16-2)13-6-8-4-3-5-9(12)10(8)14/h3-5,7,13-14H,6H2,1-2H3/t7-/m0/s1. The molecule has 0 saturated carbocycles. The van der Waals surface area contributed by atoms with E-state index in [9.17, 15) is 14.3 Å². The van der Waals surface area contributed by atoms with Crippen molar-refractivity contribution in [3.8, 4) is 5.75 Å². The molecule has 5 heteroatoms. The van der Waals surface area contributed by atoms with Gasteiger partial charge in [-0.25, -0.2) is 4.39 Å². The Balaban J connectivity index is 2.61. The molecule has 0 bridgehead atoms. The lowest BCUT2D eigenvalue weighted by Crippen LogP contribution is -2.34. The van der Waals surface area contributed by atoms with Crippen LogP contribution in [0.1, 0.15) is 12.5 Å². The van der Waals surface area contributed by atoms with Crippen LogP contribution in [-0.2, 0) is 16.1 Å². The fraction of sp³-hybridized carbons (Fsp3) is 0.364. The Bertz CT molecular complexity index is 381. The first-order valence-corrected chi connectivity index (χ1v) is 4.83. The number of phenolic OH excluding ortho intramolecular Hbond substituents is 1. The van der Waals surface area contributed by atoms with Gasteiger partial charge in [0.15, 0.2) is 11.6 Å². The number of esters is 1. The summed E-state index contributed by atoms with van der Waals surface area (Å²) in [6.45, 7) is 1.82. The van der Waals surface area contributed by atoms with E-state index in [1.165, 1.54) is 19.2 Å². The molecule has 0 radical (unpaired) electrons. The largest absolute Gasteiger partial charge is 0.505 e. The number of hydrogen-bond donors (Lipinski definition) is 2. The highest BCUT2D eigenvalue weighted by Gasteiger charge is 2.13. The summed E-state index contributed by atoms with van der Waals surface area (Å²) in [4.78, 5) is 11.1. The van der Waals surface area contributed by atoms with Crippen LogP contribution in [0.4, 0.5) is 4.39 Å². The number of hydrogen-bond acceptors (Lipinski definition) is 4. The van der Waals surface area contributed by atoms with Gasteiger partial charge in [0.1, 0.15) is 6.04 Å². The molecule has 0 heterocycles. The van der Waals surface area contributed by atoms with E-state index in [2.05, 4.69) is 10.1 Å². The monoisotopic (exact) mass is 227 g/mol. The van der Waals surface area contributed by atoms with E-state index < -0.39 is 23.6 Å². The molecule has 0 aliphatic rings. The lowest BCUT2D eigenvalue weighted by molar-refractivity contribution is -0.142. The Morgan fingerprint density at radius 3 is 2.94 bits per heavy atom. The molecule has 1 aromatic carbocycles. The van der Waals surface area contributed by atoms with Gasteiger partial charge in [-0.05, 0) is 13.0 Å². The van der Waals surface area contributed by atoms with Crippen molar-refractivity contribution in [2.75, 3.05) is 7.11 Å². The van der Waals surface area contributed by atoms with E-state index in [4.69, 9.17) is 0 Å². The van der Waals surface area contributed by atoms with Crippen LogP contribution in [0.3, 0.4) is 0 Å². The molecule has 16 heavy (non-hydrogen) atoms. The van der Waals surface area contributed by atoms with Crippen LogP contribution in [0.15, 0.2) is 18.2 Å². The first-order valence-electron chi connectivity index (χ1n) is 4.83. The molecule has 0 amide bonds. The van der Waals surface area contributed by atoms with Gasteiger partial charge in [0, 0.05) is 12.1 Å². The molecule has 4 nitrogen and oxygen atoms in total. The Kier molecular flexibility index (Phi) is 4.25. The highest BCUT2D eigenvalue weighted by Crippen LogP contribution is 2.20. The van der Waals surface area contributed by atoms with Crippen molar-refractivity contribution in [2.24, 2.45) is 0 Å². The van der Waals surface area contributed by atoms with Gasteiger partial charge in [-0.3, -0.25) is 4.79 Å². The molecule has 0 aromatic heterocycles. The highest BCUT2D eigenvalue weighted by atomic mass is 19.1. The highest BCUT2D eigenvalue weighted by molar-refractivity contribution is 5.75. The molecule has 0 aliphatic heterocycles. The first kappa shape index (κ1) is 12.4. The summed E-state index contributed by atoms with van der Waals surface area (Å²) in [6, 6.07) is 3.74. The summed E-state index contributed by atoms with van der Waals surface area (Å²) in [5.41, 5.74) is 0.399. The number of rotatable bonds is 4. The number of carbonyl (C=O) groups is 1. The molecule has 1 aromatic rings. The van der Waals surface area contributed by atoms with Crippen molar-refractivity contribution in [3.63, 3.8) is 0 Å². The van der Waals surface area contributed by atoms with E-state index in [1.54, 1.807) is 13.0 Å². The lowest BCUT2D eigenvalue weighted by Gasteiger charge is -2.12. The number of phenols is 1. The maximum absolute atomic E-state index is 13.0. The smallest absolute Gasteiger partial charge is 0.322 e. The molecule has 1 atom stereocenters. The number of nitrogens with one attached hydrogen (secondary N) is 1. The van der Waals surface area contributed by atoms with Gasteiger partial charge in [0.25, 0.3) is 0 Å². The first-order chi connectivity index (χ1) is 7.56. The van der Waals surface area contributed by atoms with Crippen molar-refractivity contribution < 1.29 is 19.0 Å². The zero-order valence-electron chi connectivity index (χ0n) is 9.16. The Morgan fingerprint density at radius 2 is 2.31 bits per heavy atom. The van der Waals surface area contributed by atoms with Crippen molar-refractivity contribution in [3.05, 3.63) is 29.6 Å². The molecule has 0 fully saturated rings. The van der Waals surface area contributed by atoms with E-state index in [0.29, 0.717) is 5.56 Å². The summed E-state index contributed by atoms with van der Waals surface area (Å²) in [5, 5.41) is 12.2. The fourth-order valence-corrected chi connectivity index (χ4v) is 1.23. The predicted molar refractivity (Wildman–Crippen MR) is 56.4 cm³/mol. The average Bonchev–Trinajstić information content (AvgIpc) is 2.29. The van der Waals surface area contributed by atoms with Crippen LogP contribution >= 0.6 is 0 Å². The maximum Gasteiger partial charge on any atom is 0.322 e. The van der Waals surface area contributed by atoms with E-state index >= 15 is 0 Å². The number of halogens is 1. The van der Waals surface area contributed by atoms with Crippen molar-refractivity contribution in [1.82, 2.24) is 5.32 Å². The molecule has 1 rings (SSSR count). The Morgan fingerprint density at radius 1 is 1.62 bits per heavy atom. The van der Waals surface area contributed by atoms with Gasteiger partial charge in [-0.2, -0.15) is 0 Å². The quantitative estimate of drug-likeness (QED) is 0.758. The number of methoxy groups -OCH3 is 1. The summed E-state index contributed by atoms with van der Waals surface area (Å²) in [6.07, 6.45) is 0. The number of para-hydroxylation sites is 1. The molecule has 0 saturated heterocycles. The van der Waals surface area contributed by atoms with Gasteiger partial charge in [0.2, 0.25) is 0 Å². The Hall–Kier alpha value is -1.62. The predicted octanol–water partition coefficient (Wildman–Crippen LogP) is 1.18. The normalized spacial score (nSPS) is 12.2. The third-order valence-corrected chi connectivity index (χ3v) is 2.22. The van der Waals surface area contributed by atoms with Gasteiger partial charge in [-0.1, -0.05) is 12.1 Å². The van der Waals surface area contributed by atoms with E-state index in [1.807, 2.05) is 0 Å². The Labute approximate surface area is 93.0 Å². The number of benzene rings is 1. The summed E-state index contributed by atoms with van der Waals surface area (Å²) in [7, 11) is 1.29. The topological polar surface area (TPSA) is 58.6 Å². The van der Waals surface area contributed by atoms with Crippen LogP contribution in [0.5, 0.6) is 5.75 Å². The molecular weight excluding hydrogens is 213 g/mol.